The monoisotopic (exact) mass is 363 g/mol. The van der Waals surface area contributed by atoms with Gasteiger partial charge in [-0.05, 0) is 24.5 Å². The number of imide groups is 1. The van der Waals surface area contributed by atoms with Crippen LogP contribution in [0, 0.1) is 5.92 Å². The number of benzene rings is 1. The van der Waals surface area contributed by atoms with E-state index in [9.17, 15) is 14.4 Å². The molecule has 2 unspecified atom stereocenters. The second kappa shape index (κ2) is 7.87. The van der Waals surface area contributed by atoms with Gasteiger partial charge in [0.15, 0.2) is 0 Å². The van der Waals surface area contributed by atoms with Crippen molar-refractivity contribution < 1.29 is 14.4 Å². The van der Waals surface area contributed by atoms with E-state index in [4.69, 9.17) is 11.6 Å². The standard InChI is InChI=1S/C18H22ClN3O3/c19-14-7-3-1-5-12(14)11-20-16(23)9-10-22-17(24)13-6-2-4-8-15(13)21-18(22)25/h1,3,5,7,13,15H,2,4,6,8-11H2,(H,20,23)(H,21,25). The summed E-state index contributed by atoms with van der Waals surface area (Å²) in [6, 6.07) is 6.86. The van der Waals surface area contributed by atoms with E-state index >= 15 is 0 Å². The summed E-state index contributed by atoms with van der Waals surface area (Å²) in [6.45, 7) is 0.422. The number of fused-ring (bicyclic) bond motifs is 1. The molecule has 2 aliphatic rings. The summed E-state index contributed by atoms with van der Waals surface area (Å²) in [7, 11) is 0. The molecular formula is C18H22ClN3O3. The average molecular weight is 364 g/mol. The fourth-order valence-electron chi connectivity index (χ4n) is 3.49. The molecule has 1 heterocycles. The van der Waals surface area contributed by atoms with Crippen LogP contribution in [0.25, 0.3) is 0 Å². The van der Waals surface area contributed by atoms with Crippen LogP contribution < -0.4 is 10.6 Å². The van der Waals surface area contributed by atoms with Crippen molar-refractivity contribution >= 4 is 29.4 Å². The first-order chi connectivity index (χ1) is 12.1. The minimum atomic E-state index is -0.382. The number of carbonyl (C=O) groups is 3. The fraction of sp³-hybridized carbons (Fsp3) is 0.500. The van der Waals surface area contributed by atoms with Crippen LogP contribution in [-0.2, 0) is 16.1 Å². The van der Waals surface area contributed by atoms with Crippen LogP contribution in [0.5, 0.6) is 0 Å². The summed E-state index contributed by atoms with van der Waals surface area (Å²) in [5, 5.41) is 6.27. The quantitative estimate of drug-likeness (QED) is 0.843. The zero-order valence-corrected chi connectivity index (χ0v) is 14.7. The highest BCUT2D eigenvalue weighted by Crippen LogP contribution is 2.29. The third-order valence-electron chi connectivity index (χ3n) is 4.90. The minimum absolute atomic E-state index is 0.0425. The van der Waals surface area contributed by atoms with Gasteiger partial charge >= 0.3 is 6.03 Å². The van der Waals surface area contributed by atoms with Crippen molar-refractivity contribution in [2.24, 2.45) is 5.92 Å². The smallest absolute Gasteiger partial charge is 0.324 e. The molecule has 2 atom stereocenters. The SMILES string of the molecule is O=C(CCN1C(=O)NC2CCCCC2C1=O)NCc1ccccc1Cl. The van der Waals surface area contributed by atoms with Crippen LogP contribution in [0.1, 0.15) is 37.7 Å². The number of hydrogen-bond acceptors (Lipinski definition) is 3. The maximum Gasteiger partial charge on any atom is 0.324 e. The lowest BCUT2D eigenvalue weighted by atomic mass is 9.82. The van der Waals surface area contributed by atoms with E-state index in [-0.39, 0.29) is 42.8 Å². The molecule has 0 bridgehead atoms. The Morgan fingerprint density at radius 2 is 2.00 bits per heavy atom. The summed E-state index contributed by atoms with van der Waals surface area (Å²) in [5.41, 5.74) is 0.828. The van der Waals surface area contributed by atoms with Gasteiger partial charge in [-0.25, -0.2) is 4.79 Å². The summed E-state index contributed by atoms with van der Waals surface area (Å²) in [5.74, 6) is -0.503. The number of urea groups is 1. The molecule has 1 aromatic rings. The number of hydrogen-bond donors (Lipinski definition) is 2. The van der Waals surface area contributed by atoms with Crippen LogP contribution in [0.15, 0.2) is 24.3 Å². The van der Waals surface area contributed by atoms with Gasteiger partial charge in [0.1, 0.15) is 0 Å². The number of rotatable bonds is 5. The molecule has 0 spiro atoms. The molecule has 0 aromatic heterocycles. The molecule has 3 rings (SSSR count). The highest BCUT2D eigenvalue weighted by Gasteiger charge is 2.41. The summed E-state index contributed by atoms with van der Waals surface area (Å²) in [6.07, 6.45) is 3.79. The first kappa shape index (κ1) is 17.7. The summed E-state index contributed by atoms with van der Waals surface area (Å²) in [4.78, 5) is 37.9. The molecule has 2 N–H and O–H groups in total. The Morgan fingerprint density at radius 1 is 1.24 bits per heavy atom. The van der Waals surface area contributed by atoms with Gasteiger partial charge in [-0.15, -0.1) is 0 Å². The largest absolute Gasteiger partial charge is 0.352 e. The van der Waals surface area contributed by atoms with E-state index in [1.165, 1.54) is 4.90 Å². The van der Waals surface area contributed by atoms with Crippen molar-refractivity contribution in [1.82, 2.24) is 15.5 Å². The van der Waals surface area contributed by atoms with Gasteiger partial charge in [0.25, 0.3) is 0 Å². The maximum absolute atomic E-state index is 12.5. The molecule has 7 heteroatoms. The maximum atomic E-state index is 12.5. The molecule has 1 aromatic carbocycles. The summed E-state index contributed by atoms with van der Waals surface area (Å²) < 4.78 is 0. The van der Waals surface area contributed by atoms with Crippen molar-refractivity contribution in [3.05, 3.63) is 34.9 Å². The van der Waals surface area contributed by atoms with Crippen molar-refractivity contribution in [3.8, 4) is 0 Å². The zero-order valence-electron chi connectivity index (χ0n) is 14.0. The molecule has 1 aliphatic carbocycles. The Bertz CT molecular complexity index is 679. The average Bonchev–Trinajstić information content (AvgIpc) is 2.61. The van der Waals surface area contributed by atoms with Crippen molar-refractivity contribution in [2.45, 2.75) is 44.7 Å². The topological polar surface area (TPSA) is 78.5 Å². The Kier molecular flexibility index (Phi) is 5.58. The molecule has 134 valence electrons. The Morgan fingerprint density at radius 3 is 2.80 bits per heavy atom. The van der Waals surface area contributed by atoms with Gasteiger partial charge in [-0.3, -0.25) is 14.5 Å². The third kappa shape index (κ3) is 4.12. The van der Waals surface area contributed by atoms with Crippen molar-refractivity contribution in [1.29, 1.82) is 0 Å². The lowest BCUT2D eigenvalue weighted by Crippen LogP contribution is -2.61. The number of nitrogens with one attached hydrogen (secondary N) is 2. The van der Waals surface area contributed by atoms with E-state index in [0.717, 1.165) is 31.2 Å². The predicted octanol–water partition coefficient (Wildman–Crippen LogP) is 2.46. The van der Waals surface area contributed by atoms with E-state index < -0.39 is 0 Å². The van der Waals surface area contributed by atoms with Gasteiger partial charge in [0, 0.05) is 30.6 Å². The lowest BCUT2D eigenvalue weighted by Gasteiger charge is -2.39. The first-order valence-electron chi connectivity index (χ1n) is 8.68. The van der Waals surface area contributed by atoms with E-state index in [1.54, 1.807) is 6.07 Å². The molecule has 25 heavy (non-hydrogen) atoms. The van der Waals surface area contributed by atoms with Crippen LogP contribution in [0.2, 0.25) is 5.02 Å². The molecule has 4 amide bonds. The number of carbonyl (C=O) groups excluding carboxylic acids is 3. The fourth-order valence-corrected chi connectivity index (χ4v) is 3.69. The van der Waals surface area contributed by atoms with Crippen LogP contribution in [0.4, 0.5) is 4.79 Å². The van der Waals surface area contributed by atoms with Gasteiger partial charge in [-0.2, -0.15) is 0 Å². The Labute approximate surface area is 151 Å². The van der Waals surface area contributed by atoms with Crippen LogP contribution in [-0.4, -0.2) is 35.3 Å². The number of halogens is 1. The van der Waals surface area contributed by atoms with Gasteiger partial charge < -0.3 is 10.6 Å². The molecule has 2 fully saturated rings. The molecule has 1 aliphatic heterocycles. The van der Waals surface area contributed by atoms with Crippen molar-refractivity contribution in [2.75, 3.05) is 6.54 Å². The first-order valence-corrected chi connectivity index (χ1v) is 9.06. The van der Waals surface area contributed by atoms with Crippen LogP contribution in [0.3, 0.4) is 0 Å². The van der Waals surface area contributed by atoms with Gasteiger partial charge in [0.05, 0.1) is 5.92 Å². The Hall–Kier alpha value is -2.08. The normalized spacial score (nSPS) is 23.0. The van der Waals surface area contributed by atoms with Crippen molar-refractivity contribution in [3.63, 3.8) is 0 Å². The molecule has 1 saturated heterocycles. The predicted molar refractivity (Wildman–Crippen MR) is 93.9 cm³/mol. The highest BCUT2D eigenvalue weighted by atomic mass is 35.5. The number of nitrogens with zero attached hydrogens (tertiary/aromatic N) is 1. The van der Waals surface area contributed by atoms with E-state index in [2.05, 4.69) is 10.6 Å². The number of amides is 4. The van der Waals surface area contributed by atoms with Gasteiger partial charge in [0.2, 0.25) is 11.8 Å². The Balaban J connectivity index is 1.50. The molecular weight excluding hydrogens is 342 g/mol. The van der Waals surface area contributed by atoms with E-state index in [1.807, 2.05) is 18.2 Å². The minimum Gasteiger partial charge on any atom is -0.352 e. The molecule has 0 radical (unpaired) electrons. The molecule has 6 nitrogen and oxygen atoms in total. The summed E-state index contributed by atoms with van der Waals surface area (Å²) >= 11 is 6.05. The molecule has 1 saturated carbocycles. The third-order valence-corrected chi connectivity index (χ3v) is 5.27. The van der Waals surface area contributed by atoms with Gasteiger partial charge in [-0.1, -0.05) is 42.6 Å². The van der Waals surface area contributed by atoms with Crippen LogP contribution >= 0.6 is 11.6 Å². The highest BCUT2D eigenvalue weighted by molar-refractivity contribution is 6.31. The van der Waals surface area contributed by atoms with E-state index in [0.29, 0.717) is 11.6 Å². The lowest BCUT2D eigenvalue weighted by molar-refractivity contribution is -0.136. The second-order valence-corrected chi connectivity index (χ2v) is 6.96. The zero-order chi connectivity index (χ0) is 17.8. The second-order valence-electron chi connectivity index (χ2n) is 6.55.